The van der Waals surface area contributed by atoms with Gasteiger partial charge in [-0.15, -0.1) is 5.10 Å². The molecule has 0 unspecified atom stereocenters. The molecular formula is C28H23ClN8O4. The molecule has 0 aliphatic rings. The summed E-state index contributed by atoms with van der Waals surface area (Å²) in [5.74, 6) is -1.55. The zero-order valence-electron chi connectivity index (χ0n) is 21.6. The number of anilines is 1. The third-order valence-corrected chi connectivity index (χ3v) is 6.36. The van der Waals surface area contributed by atoms with Gasteiger partial charge in [0, 0.05) is 34.2 Å². The molecule has 0 spiro atoms. The van der Waals surface area contributed by atoms with Crippen molar-refractivity contribution in [2.24, 2.45) is 0 Å². The number of aromatic nitrogens is 6. The number of methoxy groups -OCH3 is 1. The van der Waals surface area contributed by atoms with E-state index in [-0.39, 0.29) is 12.1 Å². The van der Waals surface area contributed by atoms with Gasteiger partial charge in [-0.1, -0.05) is 41.9 Å². The minimum absolute atomic E-state index is 0.0972. The summed E-state index contributed by atoms with van der Waals surface area (Å²) in [5, 5.41) is 24.5. The molecule has 2 amide bonds. The average molecular weight is 571 g/mol. The van der Waals surface area contributed by atoms with Crippen LogP contribution in [0.3, 0.4) is 0 Å². The Morgan fingerprint density at radius 3 is 2.68 bits per heavy atom. The molecule has 12 nitrogen and oxygen atoms in total. The monoisotopic (exact) mass is 570 g/mol. The number of hydrogen-bond acceptors (Lipinski definition) is 8. The fourth-order valence-electron chi connectivity index (χ4n) is 4.16. The van der Waals surface area contributed by atoms with E-state index in [0.717, 1.165) is 5.56 Å². The lowest BCUT2D eigenvalue weighted by atomic mass is 10.0. The van der Waals surface area contributed by atoms with Crippen molar-refractivity contribution in [2.75, 3.05) is 12.4 Å². The lowest BCUT2D eigenvalue weighted by Crippen LogP contribution is -2.44. The maximum Gasteiger partial charge on any atom is 0.359 e. The highest BCUT2D eigenvalue weighted by molar-refractivity contribution is 6.30. The number of nitrogens with one attached hydrogen (secondary N) is 3. The Morgan fingerprint density at radius 1 is 1.10 bits per heavy atom. The third kappa shape index (κ3) is 6.45. The van der Waals surface area contributed by atoms with Crippen LogP contribution in [-0.4, -0.2) is 61.3 Å². The van der Waals surface area contributed by atoms with Gasteiger partial charge >= 0.3 is 5.97 Å². The number of rotatable bonds is 9. The number of ether oxygens (including phenoxy) is 1. The van der Waals surface area contributed by atoms with Crippen LogP contribution in [0.2, 0.25) is 5.02 Å². The molecule has 2 heterocycles. The summed E-state index contributed by atoms with van der Waals surface area (Å²) < 4.78 is 6.23. The first kappa shape index (κ1) is 27.2. The Labute approximate surface area is 238 Å². The van der Waals surface area contributed by atoms with Crippen LogP contribution in [0.25, 0.3) is 22.7 Å². The number of H-pyrrole nitrogens is 1. The summed E-state index contributed by atoms with van der Waals surface area (Å²) in [4.78, 5) is 38.5. The van der Waals surface area contributed by atoms with E-state index in [1.807, 2.05) is 30.3 Å². The molecule has 206 valence electrons. The largest absolute Gasteiger partial charge is 0.464 e. The Kier molecular flexibility index (Phi) is 8.11. The van der Waals surface area contributed by atoms with Crippen LogP contribution in [0.15, 0.2) is 79.1 Å². The number of carbonyl (C=O) groups is 3. The summed E-state index contributed by atoms with van der Waals surface area (Å²) in [6.45, 7) is 0. The van der Waals surface area contributed by atoms with Crippen molar-refractivity contribution in [1.82, 2.24) is 35.7 Å². The fraction of sp³-hybridized carbons (Fsp3) is 0.107. The van der Waals surface area contributed by atoms with Crippen molar-refractivity contribution >= 4 is 52.1 Å². The number of amides is 2. The van der Waals surface area contributed by atoms with Gasteiger partial charge in [-0.25, -0.2) is 4.79 Å². The molecule has 3 N–H and O–H groups in total. The topological polar surface area (TPSA) is 157 Å². The highest BCUT2D eigenvalue weighted by Gasteiger charge is 2.22. The summed E-state index contributed by atoms with van der Waals surface area (Å²) in [6.07, 6.45) is 4.54. The molecule has 5 aromatic rings. The van der Waals surface area contributed by atoms with Gasteiger partial charge in [-0.05, 0) is 58.5 Å². The lowest BCUT2D eigenvalue weighted by molar-refractivity contribution is -0.123. The molecule has 41 heavy (non-hydrogen) atoms. The molecule has 0 aliphatic carbocycles. The zero-order valence-corrected chi connectivity index (χ0v) is 22.4. The maximum absolute atomic E-state index is 13.4. The van der Waals surface area contributed by atoms with E-state index in [1.54, 1.807) is 42.5 Å². The number of carbonyl (C=O) groups excluding carboxylic acids is 3. The molecule has 0 saturated heterocycles. The molecular weight excluding hydrogens is 548 g/mol. The summed E-state index contributed by atoms with van der Waals surface area (Å²) in [7, 11) is 1.26. The van der Waals surface area contributed by atoms with Crippen LogP contribution < -0.4 is 10.6 Å². The molecule has 13 heteroatoms. The number of tetrazole rings is 1. The first-order valence-corrected chi connectivity index (χ1v) is 12.7. The van der Waals surface area contributed by atoms with Crippen LogP contribution in [-0.2, 0) is 20.7 Å². The van der Waals surface area contributed by atoms with E-state index in [9.17, 15) is 14.4 Å². The Morgan fingerprint density at radius 2 is 1.93 bits per heavy atom. The van der Waals surface area contributed by atoms with Gasteiger partial charge in [0.1, 0.15) is 12.4 Å². The smallest absolute Gasteiger partial charge is 0.359 e. The van der Waals surface area contributed by atoms with E-state index in [2.05, 4.69) is 36.4 Å². The second-order valence-corrected chi connectivity index (χ2v) is 9.29. The number of esters is 1. The van der Waals surface area contributed by atoms with Gasteiger partial charge < -0.3 is 15.4 Å². The maximum atomic E-state index is 13.4. The molecule has 2 aromatic heterocycles. The predicted octanol–water partition coefficient (Wildman–Crippen LogP) is 3.36. The molecule has 3 aromatic carbocycles. The summed E-state index contributed by atoms with van der Waals surface area (Å²) in [5.41, 5.74) is 3.18. The molecule has 1 atom stereocenters. The van der Waals surface area contributed by atoms with Crippen molar-refractivity contribution in [3.05, 3.63) is 101 Å². The second kappa shape index (κ2) is 12.2. The number of hydrogen-bond donors (Lipinski definition) is 3. The number of aromatic amines is 1. The summed E-state index contributed by atoms with van der Waals surface area (Å²) in [6, 6.07) is 18.4. The van der Waals surface area contributed by atoms with E-state index in [0.29, 0.717) is 32.9 Å². The van der Waals surface area contributed by atoms with Crippen molar-refractivity contribution in [1.29, 1.82) is 0 Å². The van der Waals surface area contributed by atoms with Gasteiger partial charge in [0.25, 0.3) is 0 Å². The van der Waals surface area contributed by atoms with Gasteiger partial charge in [0.15, 0.2) is 5.69 Å². The third-order valence-electron chi connectivity index (χ3n) is 6.12. The first-order chi connectivity index (χ1) is 19.9. The minimum atomic E-state index is -0.923. The van der Waals surface area contributed by atoms with Crippen LogP contribution >= 0.6 is 11.6 Å². The fourth-order valence-corrected chi connectivity index (χ4v) is 4.34. The quantitative estimate of drug-likeness (QED) is 0.180. The van der Waals surface area contributed by atoms with E-state index in [1.165, 1.54) is 24.2 Å². The second-order valence-electron chi connectivity index (χ2n) is 8.86. The van der Waals surface area contributed by atoms with E-state index >= 15 is 0 Å². The predicted molar refractivity (Wildman–Crippen MR) is 151 cm³/mol. The number of halogens is 1. The van der Waals surface area contributed by atoms with Crippen LogP contribution in [0.5, 0.6) is 0 Å². The molecule has 0 radical (unpaired) electrons. The van der Waals surface area contributed by atoms with Gasteiger partial charge in [0.05, 0.1) is 18.3 Å². The number of benzene rings is 3. The number of nitrogens with zero attached hydrogens (tertiary/aromatic N) is 5. The highest BCUT2D eigenvalue weighted by Crippen LogP contribution is 2.22. The van der Waals surface area contributed by atoms with Crippen molar-refractivity contribution in [2.45, 2.75) is 12.5 Å². The minimum Gasteiger partial charge on any atom is -0.464 e. The Hall–Kier alpha value is -5.36. The molecule has 5 rings (SSSR count). The van der Waals surface area contributed by atoms with E-state index < -0.39 is 23.8 Å². The van der Waals surface area contributed by atoms with E-state index in [4.69, 9.17) is 16.3 Å². The van der Waals surface area contributed by atoms with Crippen molar-refractivity contribution in [3.8, 4) is 5.69 Å². The van der Waals surface area contributed by atoms with Crippen molar-refractivity contribution in [3.63, 3.8) is 0 Å². The number of fused-ring (bicyclic) bond motifs is 1. The SMILES string of the molecule is COC(=O)c1n[nH]c2ccc(NC(=O)[C@H](Cc3ccccc3)NC(=O)C=Cc3cc(Cl)ccc3-n3cnnn3)cc12. The normalized spacial score (nSPS) is 11.9. The Balaban J connectivity index is 1.37. The molecule has 0 saturated carbocycles. The van der Waals surface area contributed by atoms with Gasteiger partial charge in [-0.2, -0.15) is 9.78 Å². The molecule has 0 aliphatic heterocycles. The zero-order chi connectivity index (χ0) is 28.8. The Bertz CT molecular complexity index is 1730. The highest BCUT2D eigenvalue weighted by atomic mass is 35.5. The standard InChI is InChI=1S/C28H23ClN8O4/c1-41-28(40)26-21-15-20(9-10-22(21)33-34-26)31-27(39)23(13-17-5-3-2-4-6-17)32-25(38)12-7-18-14-19(29)8-11-24(18)37-16-30-35-36-37/h2-12,14-16,23H,13H2,1H3,(H,31,39)(H,32,38)(H,33,34)/t23-/m0/s1. The first-order valence-electron chi connectivity index (χ1n) is 12.3. The van der Waals surface area contributed by atoms with Gasteiger partial charge in [-0.3, -0.25) is 14.7 Å². The van der Waals surface area contributed by atoms with Gasteiger partial charge in [0.2, 0.25) is 11.8 Å². The summed E-state index contributed by atoms with van der Waals surface area (Å²) >= 11 is 6.17. The molecule has 0 fully saturated rings. The van der Waals surface area contributed by atoms with Crippen molar-refractivity contribution < 1.29 is 19.1 Å². The van der Waals surface area contributed by atoms with Crippen LogP contribution in [0.4, 0.5) is 5.69 Å². The average Bonchev–Trinajstić information content (AvgIpc) is 3.66. The lowest BCUT2D eigenvalue weighted by Gasteiger charge is -2.18. The van der Waals surface area contributed by atoms with Crippen LogP contribution in [0.1, 0.15) is 21.6 Å². The molecule has 0 bridgehead atoms. The van der Waals surface area contributed by atoms with Crippen LogP contribution in [0, 0.1) is 0 Å².